The number of halogens is 2. The Labute approximate surface area is 122 Å². The third-order valence-corrected chi connectivity index (χ3v) is 2.95. The summed E-state index contributed by atoms with van der Waals surface area (Å²) in [6.07, 6.45) is 0. The zero-order valence-corrected chi connectivity index (χ0v) is 11.1. The third-order valence-electron chi connectivity index (χ3n) is 2.65. The Balaban J connectivity index is 2.48. The molecule has 21 heavy (non-hydrogen) atoms. The Kier molecular flexibility index (Phi) is 4.04. The fraction of sp³-hybridized carbons (Fsp3) is 0. The topological polar surface area (TPSA) is 92.5 Å². The molecular weight excluding hydrogens is 303 g/mol. The molecule has 0 saturated heterocycles. The number of benzene rings is 2. The largest absolute Gasteiger partial charge is 0.477 e. The van der Waals surface area contributed by atoms with Crippen LogP contribution in [0.1, 0.15) is 10.4 Å². The molecule has 0 radical (unpaired) electrons. The molecule has 6 nitrogen and oxygen atoms in total. The molecule has 0 heterocycles. The van der Waals surface area contributed by atoms with Gasteiger partial charge in [-0.2, -0.15) is 0 Å². The SMILES string of the molecule is O=C(O)c1cccc(Nc2ccc(Cl)c(F)c2)c1[N+](=O)[O-]. The molecule has 0 aliphatic carbocycles. The Morgan fingerprint density at radius 2 is 2.05 bits per heavy atom. The second-order valence-corrected chi connectivity index (χ2v) is 4.43. The summed E-state index contributed by atoms with van der Waals surface area (Å²) in [5.41, 5.74) is -0.899. The number of nitrogens with zero attached hydrogens (tertiary/aromatic N) is 1. The molecule has 0 unspecified atom stereocenters. The lowest BCUT2D eigenvalue weighted by atomic mass is 10.1. The number of aromatic carboxylic acids is 1. The van der Waals surface area contributed by atoms with E-state index in [0.717, 1.165) is 12.1 Å². The standard InChI is InChI=1S/C13H8ClFN2O4/c14-9-5-4-7(6-10(9)15)16-11-3-1-2-8(13(18)19)12(11)17(20)21/h1-6,16H,(H,18,19). The van der Waals surface area contributed by atoms with Gasteiger partial charge in [0.15, 0.2) is 0 Å². The normalized spacial score (nSPS) is 10.2. The first-order valence-electron chi connectivity index (χ1n) is 5.63. The summed E-state index contributed by atoms with van der Waals surface area (Å²) in [4.78, 5) is 21.3. The number of carboxylic acids is 1. The van der Waals surface area contributed by atoms with Gasteiger partial charge in [-0.05, 0) is 30.3 Å². The molecule has 0 atom stereocenters. The van der Waals surface area contributed by atoms with Gasteiger partial charge in [0.05, 0.1) is 9.95 Å². The van der Waals surface area contributed by atoms with E-state index in [1.807, 2.05) is 0 Å². The van der Waals surface area contributed by atoms with Crippen LogP contribution in [0.4, 0.5) is 21.5 Å². The molecule has 2 aromatic carbocycles. The van der Waals surface area contributed by atoms with Crippen molar-refractivity contribution >= 4 is 34.6 Å². The zero-order valence-electron chi connectivity index (χ0n) is 10.3. The summed E-state index contributed by atoms with van der Waals surface area (Å²) >= 11 is 5.54. The smallest absolute Gasteiger partial charge is 0.342 e. The van der Waals surface area contributed by atoms with Crippen molar-refractivity contribution in [3.05, 3.63) is 62.9 Å². The first kappa shape index (κ1) is 14.7. The molecule has 0 amide bonds. The van der Waals surface area contributed by atoms with Crippen molar-refractivity contribution in [2.24, 2.45) is 0 Å². The van der Waals surface area contributed by atoms with Gasteiger partial charge in [0.25, 0.3) is 0 Å². The predicted molar refractivity (Wildman–Crippen MR) is 74.7 cm³/mol. The van der Waals surface area contributed by atoms with Crippen LogP contribution >= 0.6 is 11.6 Å². The van der Waals surface area contributed by atoms with Crippen LogP contribution in [0.2, 0.25) is 5.02 Å². The number of nitro benzene ring substituents is 1. The number of hydrogen-bond donors (Lipinski definition) is 2. The summed E-state index contributed by atoms with van der Waals surface area (Å²) in [5.74, 6) is -2.12. The van der Waals surface area contributed by atoms with Gasteiger partial charge in [-0.25, -0.2) is 9.18 Å². The van der Waals surface area contributed by atoms with Crippen LogP contribution < -0.4 is 5.32 Å². The van der Waals surface area contributed by atoms with Crippen molar-refractivity contribution < 1.29 is 19.2 Å². The van der Waals surface area contributed by atoms with Crippen LogP contribution in [0, 0.1) is 15.9 Å². The van der Waals surface area contributed by atoms with Gasteiger partial charge >= 0.3 is 11.7 Å². The van der Waals surface area contributed by atoms with Gasteiger partial charge in [0.1, 0.15) is 17.1 Å². The molecule has 0 bridgehead atoms. The Morgan fingerprint density at radius 1 is 1.33 bits per heavy atom. The molecule has 0 fully saturated rings. The lowest BCUT2D eigenvalue weighted by Crippen LogP contribution is -2.05. The van der Waals surface area contributed by atoms with E-state index >= 15 is 0 Å². The maximum atomic E-state index is 13.3. The van der Waals surface area contributed by atoms with Gasteiger partial charge in [0, 0.05) is 5.69 Å². The fourth-order valence-electron chi connectivity index (χ4n) is 1.74. The summed E-state index contributed by atoms with van der Waals surface area (Å²) in [6.45, 7) is 0. The van der Waals surface area contributed by atoms with E-state index < -0.39 is 28.0 Å². The summed E-state index contributed by atoms with van der Waals surface area (Å²) < 4.78 is 13.3. The molecule has 0 aliphatic heterocycles. The molecule has 2 aromatic rings. The van der Waals surface area contributed by atoms with E-state index in [9.17, 15) is 19.3 Å². The van der Waals surface area contributed by atoms with Crippen LogP contribution in [0.5, 0.6) is 0 Å². The number of carbonyl (C=O) groups is 1. The second-order valence-electron chi connectivity index (χ2n) is 4.02. The Hall–Kier alpha value is -2.67. The van der Waals surface area contributed by atoms with Crippen molar-refractivity contribution in [1.29, 1.82) is 0 Å². The first-order chi connectivity index (χ1) is 9.90. The molecule has 0 aromatic heterocycles. The van der Waals surface area contributed by atoms with Gasteiger partial charge in [-0.15, -0.1) is 0 Å². The monoisotopic (exact) mass is 310 g/mol. The molecule has 108 valence electrons. The number of rotatable bonds is 4. The van der Waals surface area contributed by atoms with E-state index in [2.05, 4.69) is 5.32 Å². The van der Waals surface area contributed by atoms with Gasteiger partial charge in [0.2, 0.25) is 0 Å². The van der Waals surface area contributed by atoms with Crippen LogP contribution in [-0.2, 0) is 0 Å². The summed E-state index contributed by atoms with van der Waals surface area (Å²) in [6, 6.07) is 7.56. The fourth-order valence-corrected chi connectivity index (χ4v) is 1.86. The molecule has 0 spiro atoms. The molecule has 0 aliphatic rings. The number of para-hydroxylation sites is 1. The highest BCUT2D eigenvalue weighted by atomic mass is 35.5. The Morgan fingerprint density at radius 3 is 2.62 bits per heavy atom. The third kappa shape index (κ3) is 3.09. The first-order valence-corrected chi connectivity index (χ1v) is 6.00. The van der Waals surface area contributed by atoms with Crippen LogP contribution in [-0.4, -0.2) is 16.0 Å². The summed E-state index contributed by atoms with van der Waals surface area (Å²) in [5, 5.41) is 22.6. The lowest BCUT2D eigenvalue weighted by molar-refractivity contribution is -0.384. The van der Waals surface area contributed by atoms with Crippen molar-refractivity contribution in [2.75, 3.05) is 5.32 Å². The van der Waals surface area contributed by atoms with Crippen LogP contribution in [0.25, 0.3) is 0 Å². The minimum atomic E-state index is -1.42. The van der Waals surface area contributed by atoms with Crippen molar-refractivity contribution in [2.45, 2.75) is 0 Å². The van der Waals surface area contributed by atoms with Crippen molar-refractivity contribution in [3.8, 4) is 0 Å². The molecular formula is C13H8ClFN2O4. The molecule has 2 N–H and O–H groups in total. The van der Waals surface area contributed by atoms with Crippen LogP contribution in [0.3, 0.4) is 0 Å². The highest BCUT2D eigenvalue weighted by Crippen LogP contribution is 2.32. The number of nitrogens with one attached hydrogen (secondary N) is 1. The zero-order chi connectivity index (χ0) is 15.6. The highest BCUT2D eigenvalue weighted by Gasteiger charge is 2.24. The van der Waals surface area contributed by atoms with E-state index in [4.69, 9.17) is 16.7 Å². The average Bonchev–Trinajstić information content (AvgIpc) is 2.42. The minimum absolute atomic E-state index is 0.0541. The van der Waals surface area contributed by atoms with Gasteiger partial charge < -0.3 is 10.4 Å². The molecule has 0 saturated carbocycles. The number of anilines is 2. The van der Waals surface area contributed by atoms with Gasteiger partial charge in [-0.3, -0.25) is 10.1 Å². The maximum Gasteiger partial charge on any atom is 0.342 e. The maximum absolute atomic E-state index is 13.3. The quantitative estimate of drug-likeness (QED) is 0.661. The highest BCUT2D eigenvalue weighted by molar-refractivity contribution is 6.30. The minimum Gasteiger partial charge on any atom is -0.477 e. The average molecular weight is 311 g/mol. The Bertz CT molecular complexity index is 736. The summed E-state index contributed by atoms with van der Waals surface area (Å²) in [7, 11) is 0. The predicted octanol–water partition coefficient (Wildman–Crippen LogP) is 3.83. The number of hydrogen-bond acceptors (Lipinski definition) is 4. The van der Waals surface area contributed by atoms with Crippen LogP contribution in [0.15, 0.2) is 36.4 Å². The molecule has 2 rings (SSSR count). The second kappa shape index (κ2) is 5.76. The van der Waals surface area contributed by atoms with E-state index in [-0.39, 0.29) is 16.4 Å². The van der Waals surface area contributed by atoms with E-state index in [0.29, 0.717) is 0 Å². The van der Waals surface area contributed by atoms with Crippen molar-refractivity contribution in [1.82, 2.24) is 0 Å². The van der Waals surface area contributed by atoms with Gasteiger partial charge in [-0.1, -0.05) is 17.7 Å². The lowest BCUT2D eigenvalue weighted by Gasteiger charge is -2.09. The van der Waals surface area contributed by atoms with Crippen molar-refractivity contribution in [3.63, 3.8) is 0 Å². The molecule has 8 heteroatoms. The van der Waals surface area contributed by atoms with E-state index in [1.165, 1.54) is 24.3 Å². The number of carboxylic acid groups (broad SMARTS) is 1. The number of nitro groups is 1. The van der Waals surface area contributed by atoms with E-state index in [1.54, 1.807) is 0 Å².